The first kappa shape index (κ1) is 17.8. The number of carboxylic acid groups (broad SMARTS) is 1. The van der Waals surface area contributed by atoms with Gasteiger partial charge in [0, 0.05) is 24.6 Å². The first-order chi connectivity index (χ1) is 9.70. The summed E-state index contributed by atoms with van der Waals surface area (Å²) >= 11 is 0. The molecule has 4 nitrogen and oxygen atoms in total. The Labute approximate surface area is 132 Å². The Bertz CT molecular complexity index is 449. The first-order valence-electron chi connectivity index (χ1n) is 7.28. The topological polar surface area (TPSA) is 49.8 Å². The summed E-state index contributed by atoms with van der Waals surface area (Å²) in [5.74, 6) is 0.233. The van der Waals surface area contributed by atoms with E-state index in [1.807, 2.05) is 18.2 Å². The van der Waals surface area contributed by atoms with Gasteiger partial charge in [-0.1, -0.05) is 18.2 Å². The Hall–Kier alpha value is -1.26. The van der Waals surface area contributed by atoms with Crippen LogP contribution in [0, 0.1) is 0 Å². The monoisotopic (exact) mass is 313 g/mol. The van der Waals surface area contributed by atoms with Crippen LogP contribution < -0.4 is 4.74 Å². The van der Waals surface area contributed by atoms with E-state index in [0.29, 0.717) is 6.04 Å². The molecule has 1 fully saturated rings. The number of hydrogen-bond acceptors (Lipinski definition) is 3. The van der Waals surface area contributed by atoms with Crippen LogP contribution in [0.1, 0.15) is 37.7 Å². The van der Waals surface area contributed by atoms with E-state index in [2.05, 4.69) is 11.0 Å². The lowest BCUT2D eigenvalue weighted by Crippen LogP contribution is -2.27. The molecule has 2 rings (SSSR count). The molecule has 0 spiro atoms. The van der Waals surface area contributed by atoms with E-state index >= 15 is 0 Å². The van der Waals surface area contributed by atoms with Gasteiger partial charge in [0.25, 0.3) is 0 Å². The summed E-state index contributed by atoms with van der Waals surface area (Å²) in [6.45, 7) is 1.86. The second kappa shape index (κ2) is 8.90. The van der Waals surface area contributed by atoms with E-state index in [9.17, 15) is 4.79 Å². The van der Waals surface area contributed by atoms with Crippen LogP contribution in [0.15, 0.2) is 24.3 Å². The third-order valence-electron chi connectivity index (χ3n) is 3.72. The highest BCUT2D eigenvalue weighted by Gasteiger charge is 2.28. The van der Waals surface area contributed by atoms with Gasteiger partial charge in [0.05, 0.1) is 7.11 Å². The summed E-state index contributed by atoms with van der Waals surface area (Å²) in [4.78, 5) is 13.0. The number of methoxy groups -OCH3 is 1. The number of benzene rings is 1. The molecule has 0 amide bonds. The van der Waals surface area contributed by atoms with Crippen LogP contribution in [0.2, 0.25) is 0 Å². The second-order valence-corrected chi connectivity index (χ2v) is 5.36. The fraction of sp³-hybridized carbons (Fsp3) is 0.562. The average molecular weight is 314 g/mol. The van der Waals surface area contributed by atoms with E-state index < -0.39 is 5.97 Å². The van der Waals surface area contributed by atoms with Crippen LogP contribution in [0.3, 0.4) is 0 Å². The van der Waals surface area contributed by atoms with Crippen molar-refractivity contribution < 1.29 is 14.6 Å². The van der Waals surface area contributed by atoms with Gasteiger partial charge in [0.2, 0.25) is 0 Å². The fourth-order valence-corrected chi connectivity index (χ4v) is 2.47. The van der Waals surface area contributed by atoms with Crippen LogP contribution >= 0.6 is 12.4 Å². The molecule has 0 radical (unpaired) electrons. The molecule has 1 saturated carbocycles. The SMILES string of the molecule is COc1ccccc1CN(CCCCC(=O)O)C1CC1.Cl. The fourth-order valence-electron chi connectivity index (χ4n) is 2.47. The molecular weight excluding hydrogens is 290 g/mol. The van der Waals surface area contributed by atoms with Gasteiger partial charge in [-0.2, -0.15) is 0 Å². The van der Waals surface area contributed by atoms with Crippen molar-refractivity contribution in [3.05, 3.63) is 29.8 Å². The molecule has 21 heavy (non-hydrogen) atoms. The first-order valence-corrected chi connectivity index (χ1v) is 7.28. The zero-order valence-electron chi connectivity index (χ0n) is 12.5. The number of halogens is 1. The van der Waals surface area contributed by atoms with Crippen LogP contribution in [-0.4, -0.2) is 35.7 Å². The van der Waals surface area contributed by atoms with Crippen LogP contribution in [-0.2, 0) is 11.3 Å². The summed E-state index contributed by atoms with van der Waals surface area (Å²) < 4.78 is 5.40. The molecule has 0 heterocycles. The van der Waals surface area contributed by atoms with Gasteiger partial charge in [0.15, 0.2) is 0 Å². The van der Waals surface area contributed by atoms with Crippen LogP contribution in [0.25, 0.3) is 0 Å². The number of aliphatic carboxylic acids is 1. The summed E-state index contributed by atoms with van der Waals surface area (Å²) in [6, 6.07) is 8.78. The number of carboxylic acids is 1. The van der Waals surface area contributed by atoms with Crippen molar-refractivity contribution in [3.8, 4) is 5.75 Å². The van der Waals surface area contributed by atoms with Gasteiger partial charge in [-0.05, 0) is 38.3 Å². The molecule has 1 aromatic rings. The van der Waals surface area contributed by atoms with E-state index in [0.717, 1.165) is 31.7 Å². The maximum Gasteiger partial charge on any atom is 0.303 e. The predicted molar refractivity (Wildman–Crippen MR) is 85.2 cm³/mol. The Kier molecular flexibility index (Phi) is 7.54. The summed E-state index contributed by atoms with van der Waals surface area (Å²) in [5.41, 5.74) is 1.21. The zero-order valence-corrected chi connectivity index (χ0v) is 13.3. The minimum absolute atomic E-state index is 0. The Morgan fingerprint density at radius 1 is 1.33 bits per heavy atom. The summed E-state index contributed by atoms with van der Waals surface area (Å²) in [7, 11) is 1.70. The van der Waals surface area contributed by atoms with Crippen molar-refractivity contribution in [1.29, 1.82) is 0 Å². The quantitative estimate of drug-likeness (QED) is 0.710. The number of rotatable bonds is 9. The molecule has 5 heteroatoms. The van der Waals surface area contributed by atoms with Crippen molar-refractivity contribution in [2.45, 2.75) is 44.7 Å². The molecule has 1 N–H and O–H groups in total. The molecule has 0 saturated heterocycles. The smallest absolute Gasteiger partial charge is 0.303 e. The molecule has 0 aliphatic heterocycles. The number of ether oxygens (including phenoxy) is 1. The van der Waals surface area contributed by atoms with Crippen molar-refractivity contribution in [2.24, 2.45) is 0 Å². The van der Waals surface area contributed by atoms with E-state index in [-0.39, 0.29) is 18.8 Å². The molecule has 1 aliphatic carbocycles. The van der Waals surface area contributed by atoms with Crippen LogP contribution in [0.5, 0.6) is 5.75 Å². The van der Waals surface area contributed by atoms with Gasteiger partial charge in [-0.15, -0.1) is 12.4 Å². The number of unbranched alkanes of at least 4 members (excludes halogenated alkanes) is 1. The molecular formula is C16H24ClNO3. The molecule has 0 aromatic heterocycles. The molecule has 1 aliphatic rings. The molecule has 1 aromatic carbocycles. The minimum Gasteiger partial charge on any atom is -0.496 e. The van der Waals surface area contributed by atoms with Crippen molar-refractivity contribution in [2.75, 3.05) is 13.7 Å². The van der Waals surface area contributed by atoms with E-state index in [4.69, 9.17) is 9.84 Å². The summed E-state index contributed by atoms with van der Waals surface area (Å²) in [5, 5.41) is 8.67. The highest BCUT2D eigenvalue weighted by atomic mass is 35.5. The summed E-state index contributed by atoms with van der Waals surface area (Å²) in [6.07, 6.45) is 4.48. The Balaban J connectivity index is 0.00000220. The molecule has 0 atom stereocenters. The highest BCUT2D eigenvalue weighted by molar-refractivity contribution is 5.85. The van der Waals surface area contributed by atoms with Crippen molar-refractivity contribution in [1.82, 2.24) is 4.90 Å². The standard InChI is InChI=1S/C16H23NO3.ClH/c1-20-15-7-3-2-6-13(15)12-17(14-9-10-14)11-5-4-8-16(18)19;/h2-3,6-7,14H,4-5,8-12H2,1H3,(H,18,19);1H. The molecule has 0 unspecified atom stereocenters. The Morgan fingerprint density at radius 3 is 2.67 bits per heavy atom. The normalized spacial score (nSPS) is 13.8. The average Bonchev–Trinajstić information content (AvgIpc) is 3.27. The van der Waals surface area contributed by atoms with Gasteiger partial charge in [0.1, 0.15) is 5.75 Å². The largest absolute Gasteiger partial charge is 0.496 e. The van der Waals surface area contributed by atoms with Gasteiger partial charge >= 0.3 is 5.97 Å². The van der Waals surface area contributed by atoms with E-state index in [1.165, 1.54) is 18.4 Å². The minimum atomic E-state index is -0.701. The number of nitrogens with zero attached hydrogens (tertiary/aromatic N) is 1. The third-order valence-corrected chi connectivity index (χ3v) is 3.72. The maximum atomic E-state index is 10.5. The lowest BCUT2D eigenvalue weighted by Gasteiger charge is -2.23. The maximum absolute atomic E-state index is 10.5. The molecule has 0 bridgehead atoms. The van der Waals surface area contributed by atoms with Gasteiger partial charge in [-0.25, -0.2) is 0 Å². The lowest BCUT2D eigenvalue weighted by molar-refractivity contribution is -0.137. The van der Waals surface area contributed by atoms with Gasteiger partial charge < -0.3 is 9.84 Å². The Morgan fingerprint density at radius 2 is 2.05 bits per heavy atom. The number of carbonyl (C=O) groups is 1. The van der Waals surface area contributed by atoms with Crippen LogP contribution in [0.4, 0.5) is 0 Å². The number of hydrogen-bond donors (Lipinski definition) is 1. The molecule has 118 valence electrons. The van der Waals surface area contributed by atoms with Crippen molar-refractivity contribution in [3.63, 3.8) is 0 Å². The third kappa shape index (κ3) is 5.94. The number of para-hydroxylation sites is 1. The highest BCUT2D eigenvalue weighted by Crippen LogP contribution is 2.30. The zero-order chi connectivity index (χ0) is 14.4. The van der Waals surface area contributed by atoms with Gasteiger partial charge in [-0.3, -0.25) is 9.69 Å². The predicted octanol–water partition coefficient (Wildman–Crippen LogP) is 3.34. The van der Waals surface area contributed by atoms with Crippen molar-refractivity contribution >= 4 is 18.4 Å². The second-order valence-electron chi connectivity index (χ2n) is 5.36. The lowest BCUT2D eigenvalue weighted by atomic mass is 10.1. The van der Waals surface area contributed by atoms with E-state index in [1.54, 1.807) is 7.11 Å².